The molecular weight excluding hydrogens is 412 g/mol. The van der Waals surface area contributed by atoms with Gasteiger partial charge in [0, 0.05) is 35.8 Å². The van der Waals surface area contributed by atoms with Crippen LogP contribution in [0.5, 0.6) is 5.75 Å². The van der Waals surface area contributed by atoms with Gasteiger partial charge < -0.3 is 15.0 Å². The lowest BCUT2D eigenvalue weighted by Crippen LogP contribution is -2.26. The van der Waals surface area contributed by atoms with Crippen LogP contribution in [0, 0.1) is 0 Å². The SMILES string of the molecule is COc1ccc(Cl)cc1N1CCC(Nc2ncnc3ccc(S(C)(=O)=O)cc23)C1. The number of sulfone groups is 1. The minimum atomic E-state index is -3.31. The molecule has 7 nitrogen and oxygen atoms in total. The molecule has 9 heteroatoms. The van der Waals surface area contributed by atoms with Crippen molar-refractivity contribution in [3.63, 3.8) is 0 Å². The number of anilines is 2. The van der Waals surface area contributed by atoms with Crippen molar-refractivity contribution in [2.75, 3.05) is 36.7 Å². The van der Waals surface area contributed by atoms with Crippen LogP contribution in [-0.4, -0.2) is 50.9 Å². The lowest BCUT2D eigenvalue weighted by molar-refractivity contribution is 0.415. The molecule has 0 saturated carbocycles. The van der Waals surface area contributed by atoms with E-state index in [1.165, 1.54) is 12.6 Å². The molecule has 0 radical (unpaired) electrons. The van der Waals surface area contributed by atoms with Crippen LogP contribution in [0.15, 0.2) is 47.6 Å². The van der Waals surface area contributed by atoms with Gasteiger partial charge in [0.15, 0.2) is 9.84 Å². The molecule has 1 fully saturated rings. The van der Waals surface area contributed by atoms with Gasteiger partial charge in [-0.05, 0) is 42.8 Å². The topological polar surface area (TPSA) is 84.4 Å². The van der Waals surface area contributed by atoms with Crippen LogP contribution < -0.4 is 15.0 Å². The van der Waals surface area contributed by atoms with Gasteiger partial charge in [0.1, 0.15) is 17.9 Å². The lowest BCUT2D eigenvalue weighted by atomic mass is 10.2. The monoisotopic (exact) mass is 432 g/mol. The molecule has 1 atom stereocenters. The number of methoxy groups -OCH3 is 1. The molecule has 0 amide bonds. The van der Waals surface area contributed by atoms with Gasteiger partial charge in [0.2, 0.25) is 0 Å². The third-order valence-corrected chi connectivity index (χ3v) is 6.39. The van der Waals surface area contributed by atoms with Crippen LogP contribution in [-0.2, 0) is 9.84 Å². The predicted molar refractivity (Wildman–Crippen MR) is 115 cm³/mol. The zero-order valence-corrected chi connectivity index (χ0v) is 17.7. The summed E-state index contributed by atoms with van der Waals surface area (Å²) in [7, 11) is -1.67. The third-order valence-electron chi connectivity index (χ3n) is 5.05. The second kappa shape index (κ2) is 7.68. The highest BCUT2D eigenvalue weighted by molar-refractivity contribution is 7.90. The number of ether oxygens (including phenoxy) is 1. The molecule has 1 aliphatic rings. The minimum absolute atomic E-state index is 0.138. The van der Waals surface area contributed by atoms with Crippen molar-refractivity contribution in [3.05, 3.63) is 47.7 Å². The highest BCUT2D eigenvalue weighted by atomic mass is 35.5. The molecule has 2 aromatic carbocycles. The van der Waals surface area contributed by atoms with Crippen molar-refractivity contribution in [2.24, 2.45) is 0 Å². The number of benzene rings is 2. The lowest BCUT2D eigenvalue weighted by Gasteiger charge is -2.22. The van der Waals surface area contributed by atoms with Crippen molar-refractivity contribution in [1.82, 2.24) is 9.97 Å². The minimum Gasteiger partial charge on any atom is -0.495 e. The fraction of sp³-hybridized carbons (Fsp3) is 0.300. The molecule has 4 rings (SSSR count). The molecule has 2 heterocycles. The van der Waals surface area contributed by atoms with Gasteiger partial charge in [0.25, 0.3) is 0 Å². The van der Waals surface area contributed by atoms with Crippen LogP contribution in [0.1, 0.15) is 6.42 Å². The number of aromatic nitrogens is 2. The molecule has 1 aromatic heterocycles. The second-order valence-electron chi connectivity index (χ2n) is 7.07. The van der Waals surface area contributed by atoms with Gasteiger partial charge in [-0.1, -0.05) is 11.6 Å². The molecule has 1 aliphatic heterocycles. The largest absolute Gasteiger partial charge is 0.495 e. The molecule has 1 N–H and O–H groups in total. The Morgan fingerprint density at radius 2 is 2.03 bits per heavy atom. The summed E-state index contributed by atoms with van der Waals surface area (Å²) in [6.45, 7) is 1.58. The van der Waals surface area contributed by atoms with Crippen LogP contribution in [0.3, 0.4) is 0 Å². The summed E-state index contributed by atoms with van der Waals surface area (Å²) in [6, 6.07) is 10.6. The first-order valence-electron chi connectivity index (χ1n) is 9.15. The summed E-state index contributed by atoms with van der Waals surface area (Å²) in [5.41, 5.74) is 1.65. The quantitative estimate of drug-likeness (QED) is 0.661. The average Bonchev–Trinajstić information content (AvgIpc) is 3.15. The smallest absolute Gasteiger partial charge is 0.175 e. The van der Waals surface area contributed by atoms with Crippen molar-refractivity contribution >= 4 is 43.8 Å². The first-order valence-corrected chi connectivity index (χ1v) is 11.4. The maximum atomic E-state index is 11.9. The molecule has 0 aliphatic carbocycles. The molecule has 3 aromatic rings. The summed E-state index contributed by atoms with van der Waals surface area (Å²) in [5, 5.41) is 4.80. The third kappa shape index (κ3) is 4.09. The van der Waals surface area contributed by atoms with E-state index in [0.29, 0.717) is 21.7 Å². The molecule has 1 unspecified atom stereocenters. The van der Waals surface area contributed by atoms with E-state index in [4.69, 9.17) is 16.3 Å². The van der Waals surface area contributed by atoms with Gasteiger partial charge in [-0.25, -0.2) is 18.4 Å². The first kappa shape index (κ1) is 19.7. The molecule has 1 saturated heterocycles. The van der Waals surface area contributed by atoms with Gasteiger partial charge in [-0.2, -0.15) is 0 Å². The highest BCUT2D eigenvalue weighted by Crippen LogP contribution is 2.34. The Morgan fingerprint density at radius 3 is 2.79 bits per heavy atom. The Morgan fingerprint density at radius 1 is 1.21 bits per heavy atom. The summed E-state index contributed by atoms with van der Waals surface area (Å²) in [5.74, 6) is 1.41. The van der Waals surface area contributed by atoms with Gasteiger partial charge >= 0.3 is 0 Å². The van der Waals surface area contributed by atoms with Crippen LogP contribution >= 0.6 is 11.6 Å². The molecule has 0 spiro atoms. The van der Waals surface area contributed by atoms with Gasteiger partial charge in [-0.15, -0.1) is 0 Å². The Hall–Kier alpha value is -2.58. The van der Waals surface area contributed by atoms with Crippen molar-refractivity contribution in [3.8, 4) is 5.75 Å². The van der Waals surface area contributed by atoms with E-state index in [-0.39, 0.29) is 10.9 Å². The maximum Gasteiger partial charge on any atom is 0.175 e. The van der Waals surface area contributed by atoms with E-state index in [1.807, 2.05) is 18.2 Å². The second-order valence-corrected chi connectivity index (χ2v) is 9.52. The van der Waals surface area contributed by atoms with Crippen LogP contribution in [0.2, 0.25) is 5.02 Å². The number of halogens is 1. The van der Waals surface area contributed by atoms with Gasteiger partial charge in [-0.3, -0.25) is 0 Å². The zero-order chi connectivity index (χ0) is 20.6. The van der Waals surface area contributed by atoms with Crippen molar-refractivity contribution < 1.29 is 13.2 Å². The van der Waals surface area contributed by atoms with E-state index < -0.39 is 9.84 Å². The van der Waals surface area contributed by atoms with E-state index in [0.717, 1.165) is 30.9 Å². The van der Waals surface area contributed by atoms with E-state index >= 15 is 0 Å². The molecule has 152 valence electrons. The standard InChI is InChI=1S/C20H21ClN4O3S/c1-28-19-6-3-13(21)9-18(19)25-8-7-14(11-25)24-20-16-10-15(29(2,26)27)4-5-17(16)22-12-23-20/h3-6,9-10,12,14H,7-8,11H2,1-2H3,(H,22,23,24). The molecule has 0 bridgehead atoms. The fourth-order valence-corrected chi connectivity index (χ4v) is 4.40. The number of rotatable bonds is 5. The highest BCUT2D eigenvalue weighted by Gasteiger charge is 2.26. The molecular formula is C20H21ClN4O3S. The molecule has 29 heavy (non-hydrogen) atoms. The normalized spacial score (nSPS) is 16.9. The zero-order valence-electron chi connectivity index (χ0n) is 16.1. The number of nitrogens with zero attached hydrogens (tertiary/aromatic N) is 3. The summed E-state index contributed by atoms with van der Waals surface area (Å²) in [4.78, 5) is 11.1. The number of hydrogen-bond acceptors (Lipinski definition) is 7. The maximum absolute atomic E-state index is 11.9. The van der Waals surface area contributed by atoms with E-state index in [1.54, 1.807) is 25.3 Å². The predicted octanol–water partition coefficient (Wildman–Crippen LogP) is 3.39. The Kier molecular flexibility index (Phi) is 5.23. The fourth-order valence-electron chi connectivity index (χ4n) is 3.58. The first-order chi connectivity index (χ1) is 13.8. The summed E-state index contributed by atoms with van der Waals surface area (Å²) >= 11 is 6.17. The van der Waals surface area contributed by atoms with Gasteiger partial charge in [0.05, 0.1) is 23.2 Å². The van der Waals surface area contributed by atoms with Crippen molar-refractivity contribution in [2.45, 2.75) is 17.4 Å². The van der Waals surface area contributed by atoms with Crippen LogP contribution in [0.4, 0.5) is 11.5 Å². The summed E-state index contributed by atoms with van der Waals surface area (Å²) in [6.07, 6.45) is 3.57. The average molecular weight is 433 g/mol. The van der Waals surface area contributed by atoms with Crippen LogP contribution in [0.25, 0.3) is 10.9 Å². The number of hydrogen-bond donors (Lipinski definition) is 1. The van der Waals surface area contributed by atoms with E-state index in [2.05, 4.69) is 20.2 Å². The number of nitrogens with one attached hydrogen (secondary N) is 1. The Balaban J connectivity index is 1.59. The van der Waals surface area contributed by atoms with E-state index in [9.17, 15) is 8.42 Å². The Labute approximate surface area is 174 Å². The summed E-state index contributed by atoms with van der Waals surface area (Å²) < 4.78 is 29.3. The number of fused-ring (bicyclic) bond motifs is 1. The van der Waals surface area contributed by atoms with Crippen molar-refractivity contribution in [1.29, 1.82) is 0 Å². The Bertz CT molecular complexity index is 1170.